The van der Waals surface area contributed by atoms with Crippen LogP contribution in [0.1, 0.15) is 36.5 Å². The predicted molar refractivity (Wildman–Crippen MR) is 69.9 cm³/mol. The van der Waals surface area contributed by atoms with E-state index >= 15 is 0 Å². The molecule has 18 heavy (non-hydrogen) atoms. The Morgan fingerprint density at radius 3 is 2.67 bits per heavy atom. The van der Waals surface area contributed by atoms with Gasteiger partial charge in [0.05, 0.1) is 0 Å². The first-order chi connectivity index (χ1) is 8.70. The maximum Gasteiger partial charge on any atom is 0.161 e. The van der Waals surface area contributed by atoms with Crippen LogP contribution in [0.15, 0.2) is 18.3 Å². The molecule has 1 aromatic rings. The zero-order valence-corrected chi connectivity index (χ0v) is 10.6. The van der Waals surface area contributed by atoms with Gasteiger partial charge in [-0.05, 0) is 37.8 Å². The van der Waals surface area contributed by atoms with Gasteiger partial charge in [-0.25, -0.2) is 4.98 Å². The number of piperidine rings is 1. The van der Waals surface area contributed by atoms with E-state index in [2.05, 4.69) is 9.88 Å². The average Bonchev–Trinajstić information content (AvgIpc) is 2.40. The van der Waals surface area contributed by atoms with E-state index in [4.69, 9.17) is 0 Å². The van der Waals surface area contributed by atoms with Gasteiger partial charge in [0, 0.05) is 31.3 Å². The van der Waals surface area contributed by atoms with E-state index in [-0.39, 0.29) is 5.78 Å². The Morgan fingerprint density at radius 1 is 1.44 bits per heavy atom. The van der Waals surface area contributed by atoms with Crippen molar-refractivity contribution >= 4 is 17.9 Å². The molecule has 2 heterocycles. The van der Waals surface area contributed by atoms with Crippen LogP contribution in [0.3, 0.4) is 0 Å². The van der Waals surface area contributed by atoms with E-state index in [1.165, 1.54) is 0 Å². The van der Waals surface area contributed by atoms with Crippen LogP contribution in [-0.2, 0) is 4.79 Å². The maximum atomic E-state index is 11.2. The lowest BCUT2D eigenvalue weighted by Gasteiger charge is -2.32. The van der Waals surface area contributed by atoms with E-state index in [1.54, 1.807) is 13.1 Å². The fourth-order valence-corrected chi connectivity index (χ4v) is 2.32. The number of pyridine rings is 1. The minimum Gasteiger partial charge on any atom is -0.357 e. The molecular weight excluding hydrogens is 228 g/mol. The molecule has 96 valence electrons. The van der Waals surface area contributed by atoms with Crippen molar-refractivity contribution in [1.29, 1.82) is 0 Å². The fourth-order valence-electron chi connectivity index (χ4n) is 2.32. The van der Waals surface area contributed by atoms with Crippen LogP contribution < -0.4 is 4.90 Å². The fraction of sp³-hybridized carbons (Fsp3) is 0.500. The molecule has 0 atom stereocenters. The molecule has 0 bridgehead atoms. The summed E-state index contributed by atoms with van der Waals surface area (Å²) in [6.45, 7) is 3.41. The Labute approximate surface area is 107 Å². The molecule has 0 saturated carbocycles. The zero-order valence-electron chi connectivity index (χ0n) is 10.6. The number of aldehydes is 1. The lowest BCUT2D eigenvalue weighted by atomic mass is 9.94. The number of ketones is 1. The second-order valence-electron chi connectivity index (χ2n) is 4.79. The molecule has 0 unspecified atom stereocenters. The monoisotopic (exact) mass is 246 g/mol. The molecule has 1 aliphatic rings. The molecule has 0 aromatic carbocycles. The number of rotatable bonds is 4. The number of anilines is 1. The van der Waals surface area contributed by atoms with E-state index in [0.29, 0.717) is 17.9 Å². The van der Waals surface area contributed by atoms with Crippen molar-refractivity contribution in [2.75, 3.05) is 18.0 Å². The molecule has 0 N–H and O–H groups in total. The minimum atomic E-state index is 0.0405. The second kappa shape index (κ2) is 5.76. The third-order valence-corrected chi connectivity index (χ3v) is 3.52. The summed E-state index contributed by atoms with van der Waals surface area (Å²) in [5.41, 5.74) is 0.648. The molecule has 2 rings (SSSR count). The summed E-state index contributed by atoms with van der Waals surface area (Å²) in [4.78, 5) is 28.2. The lowest BCUT2D eigenvalue weighted by Crippen LogP contribution is -2.34. The van der Waals surface area contributed by atoms with Gasteiger partial charge in [0.15, 0.2) is 5.78 Å². The third-order valence-electron chi connectivity index (χ3n) is 3.52. The van der Waals surface area contributed by atoms with Gasteiger partial charge in [0.25, 0.3) is 0 Å². The second-order valence-corrected chi connectivity index (χ2v) is 4.79. The Balaban J connectivity index is 1.97. The Kier molecular flexibility index (Phi) is 4.07. The highest BCUT2D eigenvalue weighted by molar-refractivity contribution is 5.93. The molecule has 4 heteroatoms. The highest BCUT2D eigenvalue weighted by Crippen LogP contribution is 2.23. The summed E-state index contributed by atoms with van der Waals surface area (Å²) < 4.78 is 0. The van der Waals surface area contributed by atoms with Gasteiger partial charge in [-0.1, -0.05) is 0 Å². The van der Waals surface area contributed by atoms with Gasteiger partial charge >= 0.3 is 0 Å². The number of carbonyl (C=O) groups excluding carboxylic acids is 2. The molecule has 1 fully saturated rings. The highest BCUT2D eigenvalue weighted by Gasteiger charge is 2.19. The van der Waals surface area contributed by atoms with Crippen molar-refractivity contribution in [1.82, 2.24) is 4.98 Å². The number of nitrogens with zero attached hydrogens (tertiary/aromatic N) is 2. The topological polar surface area (TPSA) is 50.3 Å². The van der Waals surface area contributed by atoms with Crippen molar-refractivity contribution in [3.05, 3.63) is 23.9 Å². The van der Waals surface area contributed by atoms with Gasteiger partial charge in [0.1, 0.15) is 12.1 Å². The first-order valence-corrected chi connectivity index (χ1v) is 6.36. The number of hydrogen-bond acceptors (Lipinski definition) is 4. The standard InChI is InChI=1S/C14H18N2O2/c1-11(18)13-2-3-14(15-10-13)16-7-4-12(5-8-16)6-9-17/h2-3,9-10,12H,4-8H2,1H3. The summed E-state index contributed by atoms with van der Waals surface area (Å²) in [5.74, 6) is 1.48. The van der Waals surface area contributed by atoms with Crippen molar-refractivity contribution in [3.8, 4) is 0 Å². The molecule has 4 nitrogen and oxygen atoms in total. The van der Waals surface area contributed by atoms with Crippen molar-refractivity contribution in [2.24, 2.45) is 5.92 Å². The normalized spacial score (nSPS) is 16.6. The first-order valence-electron chi connectivity index (χ1n) is 6.36. The molecule has 0 aliphatic carbocycles. The minimum absolute atomic E-state index is 0.0405. The van der Waals surface area contributed by atoms with Gasteiger partial charge < -0.3 is 9.69 Å². The average molecular weight is 246 g/mol. The van der Waals surface area contributed by atoms with Crippen molar-refractivity contribution in [3.63, 3.8) is 0 Å². The molecule has 0 radical (unpaired) electrons. The first kappa shape index (κ1) is 12.7. The third kappa shape index (κ3) is 2.94. The van der Waals surface area contributed by atoms with Crippen LogP contribution >= 0.6 is 0 Å². The molecule has 1 saturated heterocycles. The number of Topliss-reactive ketones (excluding diaryl/α,β-unsaturated/α-hetero) is 1. The largest absolute Gasteiger partial charge is 0.357 e. The smallest absolute Gasteiger partial charge is 0.161 e. The summed E-state index contributed by atoms with van der Waals surface area (Å²) in [5, 5.41) is 0. The molecule has 1 aliphatic heterocycles. The summed E-state index contributed by atoms with van der Waals surface area (Å²) in [7, 11) is 0. The van der Waals surface area contributed by atoms with Crippen molar-refractivity contribution in [2.45, 2.75) is 26.2 Å². The van der Waals surface area contributed by atoms with Crippen molar-refractivity contribution < 1.29 is 9.59 Å². The summed E-state index contributed by atoms with van der Waals surface area (Å²) in [6, 6.07) is 3.72. The Bertz CT molecular complexity index is 420. The van der Waals surface area contributed by atoms with Gasteiger partial charge in [-0.3, -0.25) is 4.79 Å². The number of carbonyl (C=O) groups is 2. The molecule has 0 spiro atoms. The number of aromatic nitrogens is 1. The number of hydrogen-bond donors (Lipinski definition) is 0. The maximum absolute atomic E-state index is 11.2. The van der Waals surface area contributed by atoms with Crippen LogP contribution in [0.4, 0.5) is 5.82 Å². The molecule has 1 aromatic heterocycles. The molecular formula is C14H18N2O2. The lowest BCUT2D eigenvalue weighted by molar-refractivity contribution is -0.108. The Morgan fingerprint density at radius 2 is 2.17 bits per heavy atom. The van der Waals surface area contributed by atoms with E-state index in [0.717, 1.165) is 38.0 Å². The van der Waals surface area contributed by atoms with Crippen LogP contribution in [0, 0.1) is 5.92 Å². The van der Waals surface area contributed by atoms with Crippen LogP contribution in [-0.4, -0.2) is 30.1 Å². The van der Waals surface area contributed by atoms with Gasteiger partial charge in [-0.2, -0.15) is 0 Å². The summed E-state index contributed by atoms with van der Waals surface area (Å²) >= 11 is 0. The predicted octanol–water partition coefficient (Wildman–Crippen LogP) is 2.09. The van der Waals surface area contributed by atoms with Gasteiger partial charge in [-0.15, -0.1) is 0 Å². The van der Waals surface area contributed by atoms with Crippen LogP contribution in [0.5, 0.6) is 0 Å². The van der Waals surface area contributed by atoms with E-state index in [1.807, 2.05) is 12.1 Å². The highest BCUT2D eigenvalue weighted by atomic mass is 16.1. The van der Waals surface area contributed by atoms with Gasteiger partial charge in [0.2, 0.25) is 0 Å². The van der Waals surface area contributed by atoms with E-state index < -0.39 is 0 Å². The van der Waals surface area contributed by atoms with Crippen LogP contribution in [0.2, 0.25) is 0 Å². The zero-order chi connectivity index (χ0) is 13.0. The van der Waals surface area contributed by atoms with Crippen LogP contribution in [0.25, 0.3) is 0 Å². The summed E-state index contributed by atoms with van der Waals surface area (Å²) in [6.07, 6.45) is 5.39. The molecule has 0 amide bonds. The quantitative estimate of drug-likeness (QED) is 0.603. The Hall–Kier alpha value is -1.71. The SMILES string of the molecule is CC(=O)c1ccc(N2CCC(CC=O)CC2)nc1. The van der Waals surface area contributed by atoms with E-state index in [9.17, 15) is 9.59 Å².